The summed E-state index contributed by atoms with van der Waals surface area (Å²) < 4.78 is 0.415. The van der Waals surface area contributed by atoms with Crippen molar-refractivity contribution >= 4 is 28.9 Å². The summed E-state index contributed by atoms with van der Waals surface area (Å²) >= 11 is 7.29. The number of nitrogens with zero attached hydrogens (tertiary/aromatic N) is 1. The number of fused-ring (bicyclic) bond motifs is 1. The minimum Gasteiger partial charge on any atom is -0.478 e. The number of carboxylic acid groups (broad SMARTS) is 1. The van der Waals surface area contributed by atoms with Crippen LogP contribution in [0.25, 0.3) is 0 Å². The van der Waals surface area contributed by atoms with E-state index in [0.717, 1.165) is 30.0 Å². The van der Waals surface area contributed by atoms with Crippen molar-refractivity contribution in [3.63, 3.8) is 0 Å². The Labute approximate surface area is 90.9 Å². The molecule has 2 heterocycles. The van der Waals surface area contributed by atoms with Crippen molar-refractivity contribution in [2.75, 3.05) is 13.6 Å². The Balaban J connectivity index is 2.49. The fraction of sp³-hybridized carbons (Fsp3) is 0.444. The van der Waals surface area contributed by atoms with E-state index in [0.29, 0.717) is 9.90 Å². The highest BCUT2D eigenvalue weighted by molar-refractivity contribution is 7.16. The Hall–Kier alpha value is -0.580. The van der Waals surface area contributed by atoms with Crippen molar-refractivity contribution in [3.8, 4) is 0 Å². The van der Waals surface area contributed by atoms with Crippen molar-refractivity contribution < 1.29 is 9.90 Å². The quantitative estimate of drug-likeness (QED) is 0.805. The molecule has 14 heavy (non-hydrogen) atoms. The lowest BCUT2D eigenvalue weighted by atomic mass is 10.0. The molecule has 0 saturated heterocycles. The molecular weight excluding hydrogens is 222 g/mol. The summed E-state index contributed by atoms with van der Waals surface area (Å²) in [7, 11) is 2.02. The van der Waals surface area contributed by atoms with Gasteiger partial charge in [0.25, 0.3) is 0 Å². The van der Waals surface area contributed by atoms with Gasteiger partial charge in [0.15, 0.2) is 0 Å². The highest BCUT2D eigenvalue weighted by Crippen LogP contribution is 2.35. The molecule has 0 unspecified atom stereocenters. The van der Waals surface area contributed by atoms with Crippen LogP contribution in [-0.2, 0) is 13.0 Å². The van der Waals surface area contributed by atoms with Gasteiger partial charge in [0.1, 0.15) is 4.34 Å². The molecule has 3 nitrogen and oxygen atoms in total. The van der Waals surface area contributed by atoms with Gasteiger partial charge in [0.05, 0.1) is 5.56 Å². The van der Waals surface area contributed by atoms with Crippen LogP contribution in [0, 0.1) is 0 Å². The molecule has 0 atom stereocenters. The zero-order chi connectivity index (χ0) is 10.3. The second-order valence-electron chi connectivity index (χ2n) is 3.45. The second-order valence-corrected chi connectivity index (χ2v) is 5.15. The zero-order valence-corrected chi connectivity index (χ0v) is 9.28. The molecule has 1 N–H and O–H groups in total. The third-order valence-corrected chi connectivity index (χ3v) is 3.84. The molecule has 0 fully saturated rings. The molecule has 0 saturated carbocycles. The summed E-state index contributed by atoms with van der Waals surface area (Å²) in [6.45, 7) is 1.72. The summed E-state index contributed by atoms with van der Waals surface area (Å²) in [5.41, 5.74) is 1.25. The third kappa shape index (κ3) is 1.54. The molecule has 0 aliphatic carbocycles. The number of halogens is 1. The lowest BCUT2D eigenvalue weighted by Gasteiger charge is -2.22. The Morgan fingerprint density at radius 2 is 2.36 bits per heavy atom. The van der Waals surface area contributed by atoms with Crippen LogP contribution in [0.1, 0.15) is 20.8 Å². The van der Waals surface area contributed by atoms with Crippen LogP contribution < -0.4 is 0 Å². The Morgan fingerprint density at radius 3 is 3.00 bits per heavy atom. The topological polar surface area (TPSA) is 40.5 Å². The number of likely N-dealkylation sites (N-methyl/N-ethyl adjacent to an activating group) is 1. The number of hydrogen-bond acceptors (Lipinski definition) is 3. The molecule has 0 spiro atoms. The van der Waals surface area contributed by atoms with E-state index in [4.69, 9.17) is 16.7 Å². The zero-order valence-electron chi connectivity index (χ0n) is 7.71. The average molecular weight is 232 g/mol. The predicted octanol–water partition coefficient (Wildman–Crippen LogP) is 2.09. The Kier molecular flexibility index (Phi) is 2.51. The first kappa shape index (κ1) is 9.96. The maximum absolute atomic E-state index is 10.9. The number of thiophene rings is 1. The Bertz CT molecular complexity index is 388. The fourth-order valence-corrected chi connectivity index (χ4v) is 3.33. The van der Waals surface area contributed by atoms with Crippen molar-refractivity contribution in [1.82, 2.24) is 4.90 Å². The predicted molar refractivity (Wildman–Crippen MR) is 56.3 cm³/mol. The third-order valence-electron chi connectivity index (χ3n) is 2.42. The van der Waals surface area contributed by atoms with Gasteiger partial charge in [-0.25, -0.2) is 4.79 Å². The first-order chi connectivity index (χ1) is 6.59. The molecule has 0 bridgehead atoms. The number of carbonyl (C=O) groups is 1. The summed E-state index contributed by atoms with van der Waals surface area (Å²) in [6.07, 6.45) is 0.788. The van der Waals surface area contributed by atoms with E-state index in [1.165, 1.54) is 11.3 Å². The molecule has 76 valence electrons. The van der Waals surface area contributed by atoms with Crippen LogP contribution in [0.5, 0.6) is 0 Å². The fourth-order valence-electron chi connectivity index (χ4n) is 1.71. The smallest absolute Gasteiger partial charge is 0.338 e. The molecule has 2 rings (SSSR count). The van der Waals surface area contributed by atoms with Crippen LogP contribution >= 0.6 is 22.9 Å². The van der Waals surface area contributed by atoms with Crippen LogP contribution in [0.15, 0.2) is 0 Å². The molecule has 0 aromatic carbocycles. The molecule has 1 aliphatic heterocycles. The van der Waals surface area contributed by atoms with Crippen molar-refractivity contribution in [3.05, 3.63) is 20.3 Å². The van der Waals surface area contributed by atoms with Crippen LogP contribution in [0.3, 0.4) is 0 Å². The standard InChI is InChI=1S/C9H10ClNO2S/c1-11-3-2-5-6(4-11)14-8(10)7(5)9(12)13/h2-4H2,1H3,(H,12,13). The first-order valence-corrected chi connectivity index (χ1v) is 5.51. The van der Waals surface area contributed by atoms with Gasteiger partial charge in [0, 0.05) is 18.0 Å². The molecule has 0 amide bonds. The monoisotopic (exact) mass is 231 g/mol. The molecule has 1 aliphatic rings. The molecular formula is C9H10ClNO2S. The van der Waals surface area contributed by atoms with E-state index < -0.39 is 5.97 Å². The van der Waals surface area contributed by atoms with E-state index in [2.05, 4.69) is 4.90 Å². The van der Waals surface area contributed by atoms with E-state index in [-0.39, 0.29) is 0 Å². The van der Waals surface area contributed by atoms with E-state index in [1.807, 2.05) is 7.05 Å². The second kappa shape index (κ2) is 3.53. The van der Waals surface area contributed by atoms with Gasteiger partial charge < -0.3 is 10.0 Å². The first-order valence-electron chi connectivity index (χ1n) is 4.31. The normalized spacial score (nSPS) is 16.7. The van der Waals surface area contributed by atoms with Gasteiger partial charge in [-0.1, -0.05) is 11.6 Å². The Morgan fingerprint density at radius 1 is 1.64 bits per heavy atom. The van der Waals surface area contributed by atoms with Gasteiger partial charge in [-0.15, -0.1) is 11.3 Å². The highest BCUT2D eigenvalue weighted by atomic mass is 35.5. The molecule has 1 aromatic heterocycles. The van der Waals surface area contributed by atoms with Crippen LogP contribution in [0.4, 0.5) is 0 Å². The lowest BCUT2D eigenvalue weighted by Crippen LogP contribution is -2.26. The van der Waals surface area contributed by atoms with E-state index >= 15 is 0 Å². The maximum atomic E-state index is 10.9. The average Bonchev–Trinajstić information content (AvgIpc) is 2.39. The lowest BCUT2D eigenvalue weighted by molar-refractivity contribution is 0.0696. The van der Waals surface area contributed by atoms with E-state index in [9.17, 15) is 4.79 Å². The molecule has 5 heteroatoms. The van der Waals surface area contributed by atoms with E-state index in [1.54, 1.807) is 0 Å². The highest BCUT2D eigenvalue weighted by Gasteiger charge is 2.25. The number of carboxylic acids is 1. The minimum atomic E-state index is -0.906. The summed E-state index contributed by atoms with van der Waals surface area (Å²) in [5.74, 6) is -0.906. The molecule has 1 aromatic rings. The van der Waals surface area contributed by atoms with Crippen molar-refractivity contribution in [1.29, 1.82) is 0 Å². The number of hydrogen-bond donors (Lipinski definition) is 1. The summed E-state index contributed by atoms with van der Waals surface area (Å²) in [6, 6.07) is 0. The van der Waals surface area contributed by atoms with Gasteiger partial charge in [-0.2, -0.15) is 0 Å². The number of rotatable bonds is 1. The maximum Gasteiger partial charge on any atom is 0.338 e. The van der Waals surface area contributed by atoms with Crippen molar-refractivity contribution in [2.24, 2.45) is 0 Å². The summed E-state index contributed by atoms with van der Waals surface area (Å²) in [5, 5.41) is 8.99. The van der Waals surface area contributed by atoms with Gasteiger partial charge >= 0.3 is 5.97 Å². The largest absolute Gasteiger partial charge is 0.478 e. The van der Waals surface area contributed by atoms with Crippen molar-refractivity contribution in [2.45, 2.75) is 13.0 Å². The minimum absolute atomic E-state index is 0.319. The van der Waals surface area contributed by atoms with Crippen LogP contribution in [-0.4, -0.2) is 29.6 Å². The van der Waals surface area contributed by atoms with Crippen LogP contribution in [0.2, 0.25) is 4.34 Å². The van der Waals surface area contributed by atoms with Gasteiger partial charge in [-0.05, 0) is 19.0 Å². The molecule has 0 radical (unpaired) electrons. The SMILES string of the molecule is CN1CCc2c(sc(Cl)c2C(=O)O)C1. The van der Waals surface area contributed by atoms with Gasteiger partial charge in [0.2, 0.25) is 0 Å². The van der Waals surface area contributed by atoms with Gasteiger partial charge in [-0.3, -0.25) is 0 Å². The summed E-state index contributed by atoms with van der Waals surface area (Å²) in [4.78, 5) is 14.2. The number of aromatic carboxylic acids is 1.